The van der Waals surface area contributed by atoms with Crippen LogP contribution in [0, 0.1) is 0 Å². The van der Waals surface area contributed by atoms with Crippen molar-refractivity contribution in [3.05, 3.63) is 30.3 Å². The number of anilines is 1. The van der Waals surface area contributed by atoms with Gasteiger partial charge in [-0.25, -0.2) is 0 Å². The summed E-state index contributed by atoms with van der Waals surface area (Å²) in [4.78, 5) is 0. The maximum absolute atomic E-state index is 12.0. The van der Waals surface area contributed by atoms with Crippen LogP contribution in [0.4, 0.5) is 5.69 Å². The van der Waals surface area contributed by atoms with Crippen LogP contribution in [0.3, 0.4) is 0 Å². The summed E-state index contributed by atoms with van der Waals surface area (Å²) in [5, 5.41) is 3.26. The molecule has 0 aliphatic rings. The topological polar surface area (TPSA) is 61.4 Å². The second-order valence-corrected chi connectivity index (χ2v) is 6.53. The largest absolute Gasteiger partial charge is 0.314 e. The summed E-state index contributed by atoms with van der Waals surface area (Å²) in [7, 11) is -1.87. The average Bonchev–Trinajstić information content (AvgIpc) is 2.34. The normalized spacial score (nSPS) is 12.1. The number of para-hydroxylation sites is 1. The molecule has 0 unspecified atom stereocenters. The van der Waals surface area contributed by atoms with Crippen LogP contribution in [-0.2, 0) is 10.2 Å². The Kier molecular flexibility index (Phi) is 6.27. The van der Waals surface area contributed by atoms with Gasteiger partial charge in [0, 0.05) is 25.3 Å². The SMILES string of the molecule is CC(C)NCCCN(C)S(=O)(=O)Nc1ccccc1. The second-order valence-electron chi connectivity index (χ2n) is 4.76. The monoisotopic (exact) mass is 285 g/mol. The van der Waals surface area contributed by atoms with Crippen LogP contribution in [-0.4, -0.2) is 38.9 Å². The van der Waals surface area contributed by atoms with E-state index in [0.29, 0.717) is 18.3 Å². The molecule has 19 heavy (non-hydrogen) atoms. The van der Waals surface area contributed by atoms with E-state index in [1.54, 1.807) is 31.3 Å². The van der Waals surface area contributed by atoms with E-state index >= 15 is 0 Å². The smallest absolute Gasteiger partial charge is 0.301 e. The Bertz CT molecular complexity index is 460. The zero-order valence-electron chi connectivity index (χ0n) is 11.8. The Morgan fingerprint density at radius 2 is 1.84 bits per heavy atom. The van der Waals surface area contributed by atoms with E-state index in [4.69, 9.17) is 0 Å². The number of rotatable bonds is 8. The Labute approximate surface area is 116 Å². The van der Waals surface area contributed by atoms with Crippen molar-refractivity contribution in [3.8, 4) is 0 Å². The fourth-order valence-corrected chi connectivity index (χ4v) is 2.50. The molecule has 1 rings (SSSR count). The predicted molar refractivity (Wildman–Crippen MR) is 79.4 cm³/mol. The fraction of sp³-hybridized carbons (Fsp3) is 0.538. The first-order chi connectivity index (χ1) is 8.92. The third-order valence-electron chi connectivity index (χ3n) is 2.63. The molecule has 0 saturated heterocycles. The zero-order valence-corrected chi connectivity index (χ0v) is 12.6. The van der Waals surface area contributed by atoms with E-state index in [9.17, 15) is 8.42 Å². The lowest BCUT2D eigenvalue weighted by atomic mass is 10.3. The van der Waals surface area contributed by atoms with Gasteiger partial charge in [-0.1, -0.05) is 32.0 Å². The van der Waals surface area contributed by atoms with Crippen LogP contribution >= 0.6 is 0 Å². The number of hydrogen-bond acceptors (Lipinski definition) is 3. The summed E-state index contributed by atoms with van der Waals surface area (Å²) in [6.07, 6.45) is 0.782. The van der Waals surface area contributed by atoms with Crippen LogP contribution in [0.1, 0.15) is 20.3 Å². The molecule has 0 heterocycles. The van der Waals surface area contributed by atoms with Gasteiger partial charge in [-0.3, -0.25) is 4.72 Å². The molecule has 0 radical (unpaired) electrons. The summed E-state index contributed by atoms with van der Waals surface area (Å²) in [5.74, 6) is 0. The van der Waals surface area contributed by atoms with Crippen molar-refractivity contribution >= 4 is 15.9 Å². The lowest BCUT2D eigenvalue weighted by Gasteiger charge is -2.18. The van der Waals surface area contributed by atoms with Gasteiger partial charge in [0.1, 0.15) is 0 Å². The van der Waals surface area contributed by atoms with Crippen LogP contribution < -0.4 is 10.0 Å². The number of benzene rings is 1. The Balaban J connectivity index is 2.44. The van der Waals surface area contributed by atoms with Gasteiger partial charge in [-0.2, -0.15) is 12.7 Å². The average molecular weight is 285 g/mol. The van der Waals surface area contributed by atoms with Crippen LogP contribution in [0.2, 0.25) is 0 Å². The van der Waals surface area contributed by atoms with Crippen LogP contribution in [0.5, 0.6) is 0 Å². The molecule has 1 aromatic rings. The molecule has 6 heteroatoms. The molecule has 108 valence electrons. The highest BCUT2D eigenvalue weighted by Gasteiger charge is 2.16. The van der Waals surface area contributed by atoms with Crippen molar-refractivity contribution in [1.82, 2.24) is 9.62 Å². The van der Waals surface area contributed by atoms with Crippen molar-refractivity contribution in [2.75, 3.05) is 24.9 Å². The minimum Gasteiger partial charge on any atom is -0.314 e. The highest BCUT2D eigenvalue weighted by atomic mass is 32.2. The van der Waals surface area contributed by atoms with Crippen molar-refractivity contribution in [2.24, 2.45) is 0 Å². The van der Waals surface area contributed by atoms with Gasteiger partial charge in [-0.15, -0.1) is 0 Å². The number of hydrogen-bond donors (Lipinski definition) is 2. The van der Waals surface area contributed by atoms with Gasteiger partial charge >= 0.3 is 10.2 Å². The maximum atomic E-state index is 12.0. The molecular formula is C13H23N3O2S. The van der Waals surface area contributed by atoms with Crippen LogP contribution in [0.25, 0.3) is 0 Å². The van der Waals surface area contributed by atoms with Gasteiger partial charge in [0.15, 0.2) is 0 Å². The first-order valence-corrected chi connectivity index (χ1v) is 7.88. The highest BCUT2D eigenvalue weighted by Crippen LogP contribution is 2.09. The summed E-state index contributed by atoms with van der Waals surface area (Å²) in [6.45, 7) is 5.43. The van der Waals surface area contributed by atoms with Gasteiger partial charge in [0.25, 0.3) is 0 Å². The quantitative estimate of drug-likeness (QED) is 0.714. The standard InChI is InChI=1S/C13H23N3O2S/c1-12(2)14-10-7-11-16(3)19(17,18)15-13-8-5-4-6-9-13/h4-6,8-9,12,14-15H,7,10-11H2,1-3H3. The summed E-state index contributed by atoms with van der Waals surface area (Å²) < 4.78 is 27.9. The minimum atomic E-state index is -3.46. The van der Waals surface area contributed by atoms with Crippen molar-refractivity contribution in [1.29, 1.82) is 0 Å². The summed E-state index contributed by atoms with van der Waals surface area (Å²) in [5.41, 5.74) is 0.578. The van der Waals surface area contributed by atoms with Crippen molar-refractivity contribution in [2.45, 2.75) is 26.3 Å². The minimum absolute atomic E-state index is 0.421. The fourth-order valence-electron chi connectivity index (χ4n) is 1.55. The first-order valence-electron chi connectivity index (χ1n) is 6.44. The molecular weight excluding hydrogens is 262 g/mol. The predicted octanol–water partition coefficient (Wildman–Crippen LogP) is 1.66. The molecule has 5 nitrogen and oxygen atoms in total. The Morgan fingerprint density at radius 3 is 2.42 bits per heavy atom. The van der Waals surface area contributed by atoms with Crippen LogP contribution in [0.15, 0.2) is 30.3 Å². The molecule has 0 aromatic heterocycles. The Hall–Kier alpha value is -1.11. The van der Waals surface area contributed by atoms with Gasteiger partial charge < -0.3 is 5.32 Å². The molecule has 0 fully saturated rings. The van der Waals surface area contributed by atoms with E-state index < -0.39 is 10.2 Å². The summed E-state index contributed by atoms with van der Waals surface area (Å²) >= 11 is 0. The maximum Gasteiger partial charge on any atom is 0.301 e. The lowest BCUT2D eigenvalue weighted by Crippen LogP contribution is -2.35. The van der Waals surface area contributed by atoms with E-state index in [-0.39, 0.29) is 0 Å². The van der Waals surface area contributed by atoms with E-state index in [2.05, 4.69) is 23.9 Å². The van der Waals surface area contributed by atoms with E-state index in [1.165, 1.54) is 4.31 Å². The third kappa shape index (κ3) is 6.04. The molecule has 0 aliphatic heterocycles. The molecule has 0 bridgehead atoms. The summed E-state index contributed by atoms with van der Waals surface area (Å²) in [6, 6.07) is 9.31. The van der Waals surface area contributed by atoms with Gasteiger partial charge in [0.2, 0.25) is 0 Å². The molecule has 0 spiro atoms. The van der Waals surface area contributed by atoms with E-state index in [0.717, 1.165) is 13.0 Å². The third-order valence-corrected chi connectivity index (χ3v) is 4.13. The van der Waals surface area contributed by atoms with E-state index in [1.807, 2.05) is 6.07 Å². The molecule has 0 saturated carbocycles. The highest BCUT2D eigenvalue weighted by molar-refractivity contribution is 7.90. The van der Waals surface area contributed by atoms with Crippen molar-refractivity contribution < 1.29 is 8.42 Å². The number of nitrogens with zero attached hydrogens (tertiary/aromatic N) is 1. The molecule has 0 atom stereocenters. The first kappa shape index (κ1) is 15.9. The molecule has 0 amide bonds. The lowest BCUT2D eigenvalue weighted by molar-refractivity contribution is 0.451. The Morgan fingerprint density at radius 1 is 1.21 bits per heavy atom. The van der Waals surface area contributed by atoms with Crippen molar-refractivity contribution in [3.63, 3.8) is 0 Å². The molecule has 2 N–H and O–H groups in total. The second kappa shape index (κ2) is 7.47. The van der Waals surface area contributed by atoms with Gasteiger partial charge in [-0.05, 0) is 25.1 Å². The molecule has 0 aliphatic carbocycles. The molecule has 1 aromatic carbocycles. The van der Waals surface area contributed by atoms with Gasteiger partial charge in [0.05, 0.1) is 0 Å². The zero-order chi connectivity index (χ0) is 14.3. The number of nitrogens with one attached hydrogen (secondary N) is 2.